The van der Waals surface area contributed by atoms with E-state index in [4.69, 9.17) is 23.2 Å². The van der Waals surface area contributed by atoms with Gasteiger partial charge in [-0.3, -0.25) is 19.5 Å². The zero-order valence-electron chi connectivity index (χ0n) is 16.3. The van der Waals surface area contributed by atoms with E-state index in [-0.39, 0.29) is 17.3 Å². The predicted molar refractivity (Wildman–Crippen MR) is 123 cm³/mol. The van der Waals surface area contributed by atoms with Crippen LogP contribution in [-0.4, -0.2) is 31.3 Å². The molecular weight excluding hydrogens is 461 g/mol. The number of non-ortho nitro benzene ring substituents is 1. The third-order valence-corrected chi connectivity index (χ3v) is 5.95. The number of halogens is 2. The van der Waals surface area contributed by atoms with Crippen molar-refractivity contribution in [3.8, 4) is 11.4 Å². The lowest BCUT2D eigenvalue weighted by Gasteiger charge is -2.10. The number of aromatic nitrogens is 3. The SMILES string of the molecule is C=CCn1c(SCC(=O)Nc2cc([N+](=O)[O-])ccc2C)nnc1-c1ccc(Cl)c(Cl)c1. The quantitative estimate of drug-likeness (QED) is 0.202. The molecular formula is C20H17Cl2N5O3S. The van der Waals surface area contributed by atoms with Crippen molar-refractivity contribution in [2.45, 2.75) is 18.6 Å². The Morgan fingerprint density at radius 1 is 1.26 bits per heavy atom. The zero-order chi connectivity index (χ0) is 22.5. The molecule has 1 amide bonds. The van der Waals surface area contributed by atoms with Gasteiger partial charge in [0.25, 0.3) is 5.69 Å². The van der Waals surface area contributed by atoms with E-state index in [0.29, 0.717) is 33.3 Å². The Kier molecular flexibility index (Phi) is 7.32. The molecule has 0 fully saturated rings. The summed E-state index contributed by atoms with van der Waals surface area (Å²) >= 11 is 13.3. The molecule has 2 aromatic carbocycles. The summed E-state index contributed by atoms with van der Waals surface area (Å²) in [5.41, 5.74) is 1.75. The van der Waals surface area contributed by atoms with Crippen molar-refractivity contribution in [1.82, 2.24) is 14.8 Å². The average Bonchev–Trinajstić information content (AvgIpc) is 3.13. The second-order valence-corrected chi connectivity index (χ2v) is 8.18. The lowest BCUT2D eigenvalue weighted by molar-refractivity contribution is -0.384. The molecule has 1 heterocycles. The molecule has 1 aromatic heterocycles. The van der Waals surface area contributed by atoms with E-state index in [1.807, 2.05) is 4.57 Å². The number of allylic oxidation sites excluding steroid dienone is 1. The van der Waals surface area contributed by atoms with E-state index in [9.17, 15) is 14.9 Å². The number of carbonyl (C=O) groups is 1. The predicted octanol–water partition coefficient (Wildman–Crippen LogP) is 5.39. The number of hydrogen-bond donors (Lipinski definition) is 1. The molecule has 3 aromatic rings. The summed E-state index contributed by atoms with van der Waals surface area (Å²) in [6.45, 7) is 5.95. The highest BCUT2D eigenvalue weighted by Gasteiger charge is 2.17. The van der Waals surface area contributed by atoms with Gasteiger partial charge < -0.3 is 5.32 Å². The number of rotatable bonds is 8. The Morgan fingerprint density at radius 3 is 2.71 bits per heavy atom. The van der Waals surface area contributed by atoms with E-state index in [0.717, 1.165) is 11.1 Å². The molecule has 0 bridgehead atoms. The molecule has 0 radical (unpaired) electrons. The normalized spacial score (nSPS) is 10.7. The summed E-state index contributed by atoms with van der Waals surface area (Å²) in [5, 5.41) is 23.4. The number of nitro groups is 1. The van der Waals surface area contributed by atoms with Gasteiger partial charge in [-0.05, 0) is 30.7 Å². The van der Waals surface area contributed by atoms with Crippen LogP contribution in [0, 0.1) is 17.0 Å². The number of hydrogen-bond acceptors (Lipinski definition) is 6. The fourth-order valence-corrected chi connectivity index (χ4v) is 3.76. The monoisotopic (exact) mass is 477 g/mol. The molecule has 8 nitrogen and oxygen atoms in total. The summed E-state index contributed by atoms with van der Waals surface area (Å²) in [7, 11) is 0. The van der Waals surface area contributed by atoms with Gasteiger partial charge in [0, 0.05) is 24.2 Å². The minimum absolute atomic E-state index is 0.0405. The topological polar surface area (TPSA) is 103 Å². The van der Waals surface area contributed by atoms with Gasteiger partial charge in [-0.1, -0.05) is 47.1 Å². The van der Waals surface area contributed by atoms with Crippen LogP contribution in [0.5, 0.6) is 0 Å². The van der Waals surface area contributed by atoms with Crippen LogP contribution in [-0.2, 0) is 11.3 Å². The van der Waals surface area contributed by atoms with Crippen LogP contribution >= 0.6 is 35.0 Å². The number of nitrogens with zero attached hydrogens (tertiary/aromatic N) is 4. The highest BCUT2D eigenvalue weighted by molar-refractivity contribution is 7.99. The van der Waals surface area contributed by atoms with Gasteiger partial charge in [0.1, 0.15) is 0 Å². The summed E-state index contributed by atoms with van der Waals surface area (Å²) in [4.78, 5) is 22.9. The van der Waals surface area contributed by atoms with E-state index in [1.54, 1.807) is 37.3 Å². The van der Waals surface area contributed by atoms with Crippen molar-refractivity contribution in [1.29, 1.82) is 0 Å². The van der Waals surface area contributed by atoms with Crippen molar-refractivity contribution < 1.29 is 9.72 Å². The molecule has 0 atom stereocenters. The van der Waals surface area contributed by atoms with Crippen LogP contribution in [0.2, 0.25) is 10.0 Å². The van der Waals surface area contributed by atoms with Crippen LogP contribution in [0.1, 0.15) is 5.56 Å². The first kappa shape index (κ1) is 22.8. The fourth-order valence-electron chi connectivity index (χ4n) is 2.71. The molecule has 1 N–H and O–H groups in total. The van der Waals surface area contributed by atoms with Crippen LogP contribution in [0.15, 0.2) is 54.2 Å². The van der Waals surface area contributed by atoms with Gasteiger partial charge in [-0.25, -0.2) is 0 Å². The Hall–Kier alpha value is -2.88. The maximum Gasteiger partial charge on any atom is 0.271 e. The average molecular weight is 478 g/mol. The molecule has 0 spiro atoms. The second kappa shape index (κ2) is 9.95. The van der Waals surface area contributed by atoms with Crippen molar-refractivity contribution in [3.63, 3.8) is 0 Å². The lowest BCUT2D eigenvalue weighted by atomic mass is 10.2. The third kappa shape index (κ3) is 5.43. The van der Waals surface area contributed by atoms with E-state index < -0.39 is 4.92 Å². The second-order valence-electron chi connectivity index (χ2n) is 6.43. The van der Waals surface area contributed by atoms with Crippen LogP contribution in [0.3, 0.4) is 0 Å². The molecule has 0 unspecified atom stereocenters. The molecule has 0 aliphatic carbocycles. The first-order valence-corrected chi connectivity index (χ1v) is 10.7. The highest BCUT2D eigenvalue weighted by atomic mass is 35.5. The van der Waals surface area contributed by atoms with E-state index >= 15 is 0 Å². The van der Waals surface area contributed by atoms with E-state index in [2.05, 4.69) is 22.1 Å². The van der Waals surface area contributed by atoms with E-state index in [1.165, 1.54) is 23.9 Å². The number of amides is 1. The Morgan fingerprint density at radius 2 is 2.03 bits per heavy atom. The van der Waals surface area contributed by atoms with Crippen molar-refractivity contribution in [2.75, 3.05) is 11.1 Å². The van der Waals surface area contributed by atoms with Gasteiger partial charge in [0.2, 0.25) is 5.91 Å². The highest BCUT2D eigenvalue weighted by Crippen LogP contribution is 2.30. The first-order valence-electron chi connectivity index (χ1n) is 8.97. The van der Waals surface area contributed by atoms with Gasteiger partial charge in [0.05, 0.1) is 26.4 Å². The van der Waals surface area contributed by atoms with Crippen molar-refractivity contribution in [3.05, 3.63) is 74.8 Å². The smallest absolute Gasteiger partial charge is 0.271 e. The van der Waals surface area contributed by atoms with Crippen LogP contribution in [0.4, 0.5) is 11.4 Å². The Balaban J connectivity index is 1.76. The summed E-state index contributed by atoms with van der Waals surface area (Å²) in [6, 6.07) is 9.46. The largest absolute Gasteiger partial charge is 0.325 e. The Bertz CT molecular complexity index is 1170. The first-order chi connectivity index (χ1) is 14.8. The molecule has 31 heavy (non-hydrogen) atoms. The summed E-state index contributed by atoms with van der Waals surface area (Å²) in [6.07, 6.45) is 1.70. The van der Waals surface area contributed by atoms with Gasteiger partial charge in [-0.2, -0.15) is 0 Å². The van der Waals surface area contributed by atoms with Crippen LogP contribution < -0.4 is 5.32 Å². The molecule has 0 aliphatic rings. The van der Waals surface area contributed by atoms with Crippen LogP contribution in [0.25, 0.3) is 11.4 Å². The lowest BCUT2D eigenvalue weighted by Crippen LogP contribution is -2.15. The molecule has 160 valence electrons. The molecule has 3 rings (SSSR count). The van der Waals surface area contributed by atoms with Crippen molar-refractivity contribution >= 4 is 52.2 Å². The van der Waals surface area contributed by atoms with Gasteiger partial charge in [-0.15, -0.1) is 16.8 Å². The third-order valence-electron chi connectivity index (χ3n) is 4.24. The Labute approximate surface area is 192 Å². The maximum absolute atomic E-state index is 12.4. The number of nitrogens with one attached hydrogen (secondary N) is 1. The molecule has 0 saturated heterocycles. The maximum atomic E-state index is 12.4. The number of aryl methyl sites for hydroxylation is 1. The molecule has 0 saturated carbocycles. The standard InChI is InChI=1S/C20H17Cl2N5O3S/c1-3-8-26-19(13-5-7-15(21)16(22)9-13)24-25-20(26)31-11-18(28)23-17-10-14(27(29)30)6-4-12(17)2/h3-7,9-10H,1,8,11H2,2H3,(H,23,28). The fraction of sp³-hybridized carbons (Fsp3) is 0.150. The van der Waals surface area contributed by atoms with Gasteiger partial charge >= 0.3 is 0 Å². The number of anilines is 1. The number of nitro benzene ring substituents is 1. The van der Waals surface area contributed by atoms with Gasteiger partial charge in [0.15, 0.2) is 11.0 Å². The zero-order valence-corrected chi connectivity index (χ0v) is 18.7. The molecule has 11 heteroatoms. The number of carbonyl (C=O) groups excluding carboxylic acids is 1. The minimum Gasteiger partial charge on any atom is -0.325 e. The summed E-state index contributed by atoms with van der Waals surface area (Å²) in [5.74, 6) is 0.285. The molecule has 0 aliphatic heterocycles. The minimum atomic E-state index is -0.508. The number of thioether (sulfide) groups is 1. The number of benzene rings is 2. The van der Waals surface area contributed by atoms with Crippen molar-refractivity contribution in [2.24, 2.45) is 0 Å². The summed E-state index contributed by atoms with van der Waals surface area (Å²) < 4.78 is 1.81.